The fraction of sp³-hybridized carbons (Fsp3) is 0.286. The second-order valence-electron chi connectivity index (χ2n) is 4.28. The third-order valence-electron chi connectivity index (χ3n) is 2.78. The average Bonchev–Trinajstić information content (AvgIpc) is 2.62. The maximum atomic E-state index is 13.4. The summed E-state index contributed by atoms with van der Waals surface area (Å²) >= 11 is 1.75. The molecule has 2 aromatic rings. The SMILES string of the molecule is Cc1cc(CNCc2cc(F)ccc2F)c(C)s1. The van der Waals surface area contributed by atoms with E-state index in [4.69, 9.17) is 0 Å². The number of rotatable bonds is 4. The van der Waals surface area contributed by atoms with Gasteiger partial charge >= 0.3 is 0 Å². The van der Waals surface area contributed by atoms with E-state index in [-0.39, 0.29) is 5.82 Å². The predicted octanol–water partition coefficient (Wildman–Crippen LogP) is 3.93. The van der Waals surface area contributed by atoms with Gasteiger partial charge in [-0.25, -0.2) is 8.78 Å². The molecule has 0 atom stereocenters. The van der Waals surface area contributed by atoms with Gasteiger partial charge in [-0.1, -0.05) is 0 Å². The van der Waals surface area contributed by atoms with Gasteiger partial charge in [0.05, 0.1) is 0 Å². The van der Waals surface area contributed by atoms with Crippen molar-refractivity contribution in [1.29, 1.82) is 0 Å². The van der Waals surface area contributed by atoms with Crippen LogP contribution in [0.3, 0.4) is 0 Å². The number of benzene rings is 1. The molecule has 0 fully saturated rings. The second-order valence-corrected chi connectivity index (χ2v) is 5.74. The van der Waals surface area contributed by atoms with Crippen molar-refractivity contribution in [2.45, 2.75) is 26.9 Å². The van der Waals surface area contributed by atoms with E-state index in [0.717, 1.165) is 12.1 Å². The number of aryl methyl sites for hydroxylation is 2. The fourth-order valence-corrected chi connectivity index (χ4v) is 2.82. The lowest BCUT2D eigenvalue weighted by atomic mass is 10.2. The van der Waals surface area contributed by atoms with Gasteiger partial charge in [0.2, 0.25) is 0 Å². The molecule has 1 N–H and O–H groups in total. The first kappa shape index (κ1) is 13.2. The van der Waals surface area contributed by atoms with Gasteiger partial charge in [0.15, 0.2) is 0 Å². The first-order chi connectivity index (χ1) is 8.56. The molecule has 1 aromatic heterocycles. The van der Waals surface area contributed by atoms with Crippen molar-refractivity contribution in [2.24, 2.45) is 0 Å². The maximum absolute atomic E-state index is 13.4. The summed E-state index contributed by atoms with van der Waals surface area (Å²) in [5.41, 5.74) is 1.58. The van der Waals surface area contributed by atoms with Gasteiger partial charge in [-0.15, -0.1) is 11.3 Å². The molecule has 1 nitrogen and oxygen atoms in total. The molecule has 96 valence electrons. The third-order valence-corrected chi connectivity index (χ3v) is 3.79. The Kier molecular flexibility index (Phi) is 4.09. The summed E-state index contributed by atoms with van der Waals surface area (Å²) in [7, 11) is 0. The number of hydrogen-bond donors (Lipinski definition) is 1. The van der Waals surface area contributed by atoms with Crippen LogP contribution in [-0.4, -0.2) is 0 Å². The molecule has 0 spiro atoms. The van der Waals surface area contributed by atoms with E-state index in [9.17, 15) is 8.78 Å². The molecular weight excluding hydrogens is 252 g/mol. The van der Waals surface area contributed by atoms with Crippen molar-refractivity contribution in [1.82, 2.24) is 5.32 Å². The Hall–Kier alpha value is -1.26. The Bertz CT molecular complexity index is 549. The largest absolute Gasteiger partial charge is 0.308 e. The van der Waals surface area contributed by atoms with Crippen LogP contribution in [-0.2, 0) is 13.1 Å². The van der Waals surface area contributed by atoms with E-state index in [0.29, 0.717) is 18.7 Å². The van der Waals surface area contributed by atoms with E-state index in [1.54, 1.807) is 11.3 Å². The normalized spacial score (nSPS) is 10.9. The smallest absolute Gasteiger partial charge is 0.127 e. The van der Waals surface area contributed by atoms with Crippen LogP contribution < -0.4 is 5.32 Å². The van der Waals surface area contributed by atoms with Crippen molar-refractivity contribution in [2.75, 3.05) is 0 Å². The molecule has 0 aliphatic heterocycles. The maximum Gasteiger partial charge on any atom is 0.127 e. The molecular formula is C14H15F2NS. The van der Waals surface area contributed by atoms with Gasteiger partial charge < -0.3 is 5.32 Å². The van der Waals surface area contributed by atoms with Gasteiger partial charge in [-0.3, -0.25) is 0 Å². The summed E-state index contributed by atoms with van der Waals surface area (Å²) in [4.78, 5) is 2.53. The van der Waals surface area contributed by atoms with Gasteiger partial charge in [0, 0.05) is 28.4 Å². The summed E-state index contributed by atoms with van der Waals surface area (Å²) in [5, 5.41) is 3.14. The highest BCUT2D eigenvalue weighted by Crippen LogP contribution is 2.20. The highest BCUT2D eigenvalue weighted by Gasteiger charge is 2.05. The monoisotopic (exact) mass is 267 g/mol. The van der Waals surface area contributed by atoms with Gasteiger partial charge in [-0.2, -0.15) is 0 Å². The van der Waals surface area contributed by atoms with Crippen LogP contribution in [0.25, 0.3) is 0 Å². The topological polar surface area (TPSA) is 12.0 Å². The quantitative estimate of drug-likeness (QED) is 0.885. The summed E-state index contributed by atoms with van der Waals surface area (Å²) in [6, 6.07) is 5.64. The molecule has 0 bridgehead atoms. The lowest BCUT2D eigenvalue weighted by molar-refractivity contribution is 0.568. The third kappa shape index (κ3) is 3.15. The number of halogens is 2. The van der Waals surface area contributed by atoms with Crippen molar-refractivity contribution in [3.05, 3.63) is 56.8 Å². The molecule has 0 aliphatic rings. The first-order valence-electron chi connectivity index (χ1n) is 5.77. The zero-order valence-corrected chi connectivity index (χ0v) is 11.2. The molecule has 0 aliphatic carbocycles. The Morgan fingerprint density at radius 2 is 1.78 bits per heavy atom. The minimum absolute atomic E-state index is 0.331. The van der Waals surface area contributed by atoms with Crippen LogP contribution in [0.1, 0.15) is 20.9 Å². The molecule has 0 saturated carbocycles. The molecule has 1 heterocycles. The van der Waals surface area contributed by atoms with Crippen molar-refractivity contribution in [3.8, 4) is 0 Å². The highest BCUT2D eigenvalue weighted by molar-refractivity contribution is 7.12. The summed E-state index contributed by atoms with van der Waals surface area (Å²) in [6.07, 6.45) is 0. The van der Waals surface area contributed by atoms with E-state index in [1.807, 2.05) is 0 Å². The highest BCUT2D eigenvalue weighted by atomic mass is 32.1. The van der Waals surface area contributed by atoms with E-state index in [1.165, 1.54) is 21.4 Å². The zero-order valence-electron chi connectivity index (χ0n) is 10.4. The molecule has 4 heteroatoms. The number of hydrogen-bond acceptors (Lipinski definition) is 2. The number of nitrogens with one attached hydrogen (secondary N) is 1. The van der Waals surface area contributed by atoms with E-state index >= 15 is 0 Å². The minimum atomic E-state index is -0.407. The summed E-state index contributed by atoms with van der Waals surface area (Å²) in [6.45, 7) is 5.13. The van der Waals surface area contributed by atoms with E-state index < -0.39 is 5.82 Å². The van der Waals surface area contributed by atoms with Crippen molar-refractivity contribution >= 4 is 11.3 Å². The summed E-state index contributed by atoms with van der Waals surface area (Å²) < 4.78 is 26.3. The minimum Gasteiger partial charge on any atom is -0.308 e. The Morgan fingerprint density at radius 3 is 2.44 bits per heavy atom. The van der Waals surface area contributed by atoms with Gasteiger partial charge in [-0.05, 0) is 43.7 Å². The number of thiophene rings is 1. The van der Waals surface area contributed by atoms with Crippen molar-refractivity contribution < 1.29 is 8.78 Å². The second kappa shape index (κ2) is 5.59. The van der Waals surface area contributed by atoms with Crippen LogP contribution in [0.4, 0.5) is 8.78 Å². The van der Waals surface area contributed by atoms with Gasteiger partial charge in [0.25, 0.3) is 0 Å². The Balaban J connectivity index is 1.96. The zero-order chi connectivity index (χ0) is 13.1. The van der Waals surface area contributed by atoms with E-state index in [2.05, 4.69) is 25.2 Å². The molecule has 0 amide bonds. The fourth-order valence-electron chi connectivity index (χ4n) is 1.87. The lowest BCUT2D eigenvalue weighted by Gasteiger charge is -2.06. The molecule has 0 unspecified atom stereocenters. The van der Waals surface area contributed by atoms with Crippen molar-refractivity contribution in [3.63, 3.8) is 0 Å². The molecule has 2 rings (SSSR count). The first-order valence-corrected chi connectivity index (χ1v) is 6.58. The van der Waals surface area contributed by atoms with Crippen LogP contribution in [0.15, 0.2) is 24.3 Å². The molecule has 18 heavy (non-hydrogen) atoms. The standard InChI is InChI=1S/C14H15F2NS/c1-9-5-11(10(2)18-9)7-17-8-12-6-13(15)3-4-14(12)16/h3-6,17H,7-8H2,1-2H3. The molecule has 0 radical (unpaired) electrons. The average molecular weight is 267 g/mol. The van der Waals surface area contributed by atoms with Crippen LogP contribution in [0.2, 0.25) is 0 Å². The summed E-state index contributed by atoms with van der Waals surface area (Å²) in [5.74, 6) is -0.780. The molecule has 0 saturated heterocycles. The van der Waals surface area contributed by atoms with Crippen LogP contribution in [0.5, 0.6) is 0 Å². The Morgan fingerprint density at radius 1 is 1.06 bits per heavy atom. The van der Waals surface area contributed by atoms with Gasteiger partial charge in [0.1, 0.15) is 11.6 Å². The molecule has 1 aromatic carbocycles. The lowest BCUT2D eigenvalue weighted by Crippen LogP contribution is -2.14. The van der Waals surface area contributed by atoms with Crippen LogP contribution in [0, 0.1) is 25.5 Å². The Labute approximate surface area is 109 Å². The van der Waals surface area contributed by atoms with Crippen LogP contribution >= 0.6 is 11.3 Å². The predicted molar refractivity (Wildman–Crippen MR) is 70.7 cm³/mol.